The minimum absolute atomic E-state index is 0.00309. The predicted molar refractivity (Wildman–Crippen MR) is 93.7 cm³/mol. The van der Waals surface area contributed by atoms with Gasteiger partial charge in [-0.05, 0) is 36.8 Å². The molecule has 6 nitrogen and oxygen atoms in total. The van der Waals surface area contributed by atoms with Gasteiger partial charge in [-0.3, -0.25) is 14.9 Å². The van der Waals surface area contributed by atoms with Crippen LogP contribution in [-0.2, 0) is 4.79 Å². The molecule has 23 heavy (non-hydrogen) atoms. The van der Waals surface area contributed by atoms with Crippen LogP contribution in [0.15, 0.2) is 46.9 Å². The molecule has 2 aromatic carbocycles. The van der Waals surface area contributed by atoms with Crippen LogP contribution in [0.5, 0.6) is 0 Å². The van der Waals surface area contributed by atoms with E-state index in [0.29, 0.717) is 12.2 Å². The Bertz CT molecular complexity index is 734. The summed E-state index contributed by atoms with van der Waals surface area (Å²) >= 11 is 3.37. The molecule has 0 saturated carbocycles. The lowest BCUT2D eigenvalue weighted by Crippen LogP contribution is -2.17. The molecular weight excluding hydrogens is 362 g/mol. The van der Waals surface area contributed by atoms with E-state index in [1.165, 1.54) is 6.07 Å². The number of nitro groups is 1. The van der Waals surface area contributed by atoms with Crippen molar-refractivity contribution in [1.82, 2.24) is 0 Å². The van der Waals surface area contributed by atoms with Crippen molar-refractivity contribution in [1.29, 1.82) is 0 Å². The molecule has 0 bridgehead atoms. The summed E-state index contributed by atoms with van der Waals surface area (Å²) in [5.74, 6) is -0.151. The Morgan fingerprint density at radius 3 is 2.65 bits per heavy atom. The maximum absolute atomic E-state index is 12.0. The van der Waals surface area contributed by atoms with Crippen LogP contribution in [0.2, 0.25) is 0 Å². The second kappa shape index (κ2) is 7.73. The van der Waals surface area contributed by atoms with Gasteiger partial charge in [0.1, 0.15) is 5.69 Å². The first-order valence-electron chi connectivity index (χ1n) is 7.00. The first kappa shape index (κ1) is 17.0. The van der Waals surface area contributed by atoms with Crippen molar-refractivity contribution >= 4 is 38.9 Å². The van der Waals surface area contributed by atoms with Crippen molar-refractivity contribution in [2.75, 3.05) is 17.2 Å². The number of halogens is 1. The second-order valence-electron chi connectivity index (χ2n) is 4.96. The second-order valence-corrected chi connectivity index (χ2v) is 5.87. The molecule has 0 saturated heterocycles. The van der Waals surface area contributed by atoms with Crippen LogP contribution in [0.1, 0.15) is 12.0 Å². The maximum atomic E-state index is 12.0. The number of para-hydroxylation sites is 2. The summed E-state index contributed by atoms with van der Waals surface area (Å²) in [6, 6.07) is 12.0. The van der Waals surface area contributed by atoms with E-state index in [1.54, 1.807) is 18.2 Å². The van der Waals surface area contributed by atoms with Gasteiger partial charge in [-0.25, -0.2) is 0 Å². The van der Waals surface area contributed by atoms with E-state index >= 15 is 0 Å². The molecule has 2 aromatic rings. The SMILES string of the molecule is Cc1cc(Br)ccc1NC(=O)CCNc1ccccc1[N+](=O)[O-]. The smallest absolute Gasteiger partial charge is 0.292 e. The van der Waals surface area contributed by atoms with E-state index in [9.17, 15) is 14.9 Å². The van der Waals surface area contributed by atoms with E-state index in [2.05, 4.69) is 26.6 Å². The Morgan fingerprint density at radius 1 is 1.22 bits per heavy atom. The van der Waals surface area contributed by atoms with Gasteiger partial charge in [0.05, 0.1) is 4.92 Å². The van der Waals surface area contributed by atoms with Crippen molar-refractivity contribution in [3.05, 3.63) is 62.6 Å². The van der Waals surface area contributed by atoms with Gasteiger partial charge in [-0.15, -0.1) is 0 Å². The van der Waals surface area contributed by atoms with Crippen molar-refractivity contribution in [3.8, 4) is 0 Å². The molecule has 0 spiro atoms. The van der Waals surface area contributed by atoms with Crippen LogP contribution in [0.3, 0.4) is 0 Å². The number of nitro benzene ring substituents is 1. The molecule has 2 N–H and O–H groups in total. The summed E-state index contributed by atoms with van der Waals surface area (Å²) in [6.45, 7) is 2.22. The summed E-state index contributed by atoms with van der Waals surface area (Å²) in [7, 11) is 0. The molecule has 0 unspecified atom stereocenters. The number of nitrogens with zero attached hydrogens (tertiary/aromatic N) is 1. The lowest BCUT2D eigenvalue weighted by Gasteiger charge is -2.10. The molecule has 0 fully saturated rings. The fourth-order valence-corrected chi connectivity index (χ4v) is 2.55. The summed E-state index contributed by atoms with van der Waals surface area (Å²) in [5.41, 5.74) is 2.12. The average molecular weight is 378 g/mol. The van der Waals surface area contributed by atoms with Crippen molar-refractivity contribution in [3.63, 3.8) is 0 Å². The zero-order chi connectivity index (χ0) is 16.8. The minimum atomic E-state index is -0.451. The average Bonchev–Trinajstić information content (AvgIpc) is 2.50. The van der Waals surface area contributed by atoms with E-state index in [4.69, 9.17) is 0 Å². The highest BCUT2D eigenvalue weighted by Crippen LogP contribution is 2.23. The van der Waals surface area contributed by atoms with Crippen molar-refractivity contribution < 1.29 is 9.72 Å². The summed E-state index contributed by atoms with van der Waals surface area (Å²) < 4.78 is 0.950. The third-order valence-corrected chi connectivity index (χ3v) is 3.72. The zero-order valence-corrected chi connectivity index (χ0v) is 14.1. The van der Waals surface area contributed by atoms with Crippen LogP contribution < -0.4 is 10.6 Å². The first-order valence-corrected chi connectivity index (χ1v) is 7.80. The molecule has 0 atom stereocenters. The first-order chi connectivity index (χ1) is 11.0. The highest BCUT2D eigenvalue weighted by molar-refractivity contribution is 9.10. The lowest BCUT2D eigenvalue weighted by molar-refractivity contribution is -0.384. The number of carbonyl (C=O) groups is 1. The molecule has 0 radical (unpaired) electrons. The molecule has 0 aliphatic heterocycles. The Hall–Kier alpha value is -2.41. The highest BCUT2D eigenvalue weighted by Gasteiger charge is 2.12. The zero-order valence-electron chi connectivity index (χ0n) is 12.5. The number of nitrogens with one attached hydrogen (secondary N) is 2. The van der Waals surface area contributed by atoms with Gasteiger partial charge in [0.15, 0.2) is 0 Å². The number of amides is 1. The van der Waals surface area contributed by atoms with Crippen LogP contribution in [0.4, 0.5) is 17.1 Å². The number of rotatable bonds is 6. The van der Waals surface area contributed by atoms with E-state index in [0.717, 1.165) is 15.7 Å². The molecule has 7 heteroatoms. The Balaban J connectivity index is 1.89. The fraction of sp³-hybridized carbons (Fsp3) is 0.188. The number of hydrogen-bond acceptors (Lipinski definition) is 4. The van der Waals surface area contributed by atoms with Crippen molar-refractivity contribution in [2.24, 2.45) is 0 Å². The quantitative estimate of drug-likeness (QED) is 0.585. The predicted octanol–water partition coefficient (Wildman–Crippen LogP) is 4.11. The Morgan fingerprint density at radius 2 is 1.96 bits per heavy atom. The van der Waals surface area contributed by atoms with Gasteiger partial charge in [-0.2, -0.15) is 0 Å². The van der Waals surface area contributed by atoms with Crippen LogP contribution in [0.25, 0.3) is 0 Å². The van der Waals surface area contributed by atoms with Crippen LogP contribution >= 0.6 is 15.9 Å². The number of benzene rings is 2. The summed E-state index contributed by atoms with van der Waals surface area (Å²) in [4.78, 5) is 22.4. The van der Waals surface area contributed by atoms with Gasteiger partial charge < -0.3 is 10.6 Å². The largest absolute Gasteiger partial charge is 0.379 e. The van der Waals surface area contributed by atoms with Gasteiger partial charge in [0.2, 0.25) is 5.91 Å². The highest BCUT2D eigenvalue weighted by atomic mass is 79.9. The number of hydrogen-bond donors (Lipinski definition) is 2. The van der Waals surface area contributed by atoms with Crippen LogP contribution in [-0.4, -0.2) is 17.4 Å². The fourth-order valence-electron chi connectivity index (χ4n) is 2.07. The molecule has 0 aliphatic carbocycles. The molecular formula is C16H16BrN3O3. The number of aryl methyl sites for hydroxylation is 1. The third-order valence-electron chi connectivity index (χ3n) is 3.23. The Labute approximate surface area is 142 Å². The Kier molecular flexibility index (Phi) is 5.70. The van der Waals surface area contributed by atoms with Crippen molar-refractivity contribution in [2.45, 2.75) is 13.3 Å². The number of carbonyl (C=O) groups excluding carboxylic acids is 1. The van der Waals surface area contributed by atoms with E-state index in [1.807, 2.05) is 25.1 Å². The van der Waals surface area contributed by atoms with Gasteiger partial charge >= 0.3 is 0 Å². The third kappa shape index (κ3) is 4.79. The number of anilines is 2. The van der Waals surface area contributed by atoms with Crippen LogP contribution in [0, 0.1) is 17.0 Å². The molecule has 1 amide bonds. The maximum Gasteiger partial charge on any atom is 0.292 e. The summed E-state index contributed by atoms with van der Waals surface area (Å²) in [6.07, 6.45) is 0.210. The standard InChI is InChI=1S/C16H16BrN3O3/c1-11-10-12(17)6-7-13(11)19-16(21)8-9-18-14-4-2-3-5-15(14)20(22)23/h2-7,10,18H,8-9H2,1H3,(H,19,21). The molecule has 0 aromatic heterocycles. The van der Waals surface area contributed by atoms with E-state index < -0.39 is 4.92 Å². The molecule has 0 aliphatic rings. The van der Waals surface area contributed by atoms with Gasteiger partial charge in [-0.1, -0.05) is 28.1 Å². The topological polar surface area (TPSA) is 84.3 Å². The summed E-state index contributed by atoms with van der Waals surface area (Å²) in [5, 5.41) is 16.7. The van der Waals surface area contributed by atoms with Gasteiger partial charge in [0.25, 0.3) is 5.69 Å². The minimum Gasteiger partial charge on any atom is -0.379 e. The monoisotopic (exact) mass is 377 g/mol. The van der Waals surface area contributed by atoms with E-state index in [-0.39, 0.29) is 18.0 Å². The van der Waals surface area contributed by atoms with Gasteiger partial charge in [0, 0.05) is 29.2 Å². The molecule has 0 heterocycles. The molecule has 120 valence electrons. The molecule has 2 rings (SSSR count). The normalized spacial score (nSPS) is 10.2. The lowest BCUT2D eigenvalue weighted by atomic mass is 10.2.